The Balaban J connectivity index is 2.37. The van der Waals surface area contributed by atoms with E-state index in [9.17, 15) is 4.79 Å². The van der Waals surface area contributed by atoms with Crippen molar-refractivity contribution >= 4 is 17.7 Å². The zero-order valence-electron chi connectivity index (χ0n) is 10.6. The van der Waals surface area contributed by atoms with Crippen molar-refractivity contribution in [3.05, 3.63) is 0 Å². The van der Waals surface area contributed by atoms with Crippen LogP contribution in [0, 0.1) is 0 Å². The number of thioether (sulfide) groups is 1. The minimum atomic E-state index is -0.0667. The van der Waals surface area contributed by atoms with Crippen molar-refractivity contribution in [2.24, 2.45) is 0 Å². The maximum Gasteiger partial charge on any atom is 0.236 e. The molecule has 2 N–H and O–H groups in total. The third-order valence-corrected chi connectivity index (χ3v) is 4.37. The van der Waals surface area contributed by atoms with E-state index in [1.807, 2.05) is 25.6 Å². The summed E-state index contributed by atoms with van der Waals surface area (Å²) in [5, 5.41) is 7.02. The molecule has 16 heavy (non-hydrogen) atoms. The molecule has 0 aromatic rings. The molecule has 1 aliphatic rings. The standard InChI is InChI=1S/C12H24N2OS/c1-4-13-12(15)9(3)14-10-7-6-8-11(10)16-5-2/h9-11,14H,4-8H2,1-3H3,(H,13,15). The Morgan fingerprint density at radius 1 is 1.44 bits per heavy atom. The van der Waals surface area contributed by atoms with Crippen LogP contribution in [-0.4, -0.2) is 35.5 Å². The molecule has 0 spiro atoms. The number of amides is 1. The topological polar surface area (TPSA) is 41.1 Å². The van der Waals surface area contributed by atoms with Gasteiger partial charge in [0.1, 0.15) is 0 Å². The van der Waals surface area contributed by atoms with Gasteiger partial charge in [-0.3, -0.25) is 4.79 Å². The molecule has 0 aliphatic heterocycles. The Kier molecular flexibility index (Phi) is 6.21. The predicted octanol–water partition coefficient (Wildman–Crippen LogP) is 1.77. The summed E-state index contributed by atoms with van der Waals surface area (Å²) in [6.07, 6.45) is 3.79. The smallest absolute Gasteiger partial charge is 0.236 e. The minimum Gasteiger partial charge on any atom is -0.355 e. The van der Waals surface area contributed by atoms with Crippen molar-refractivity contribution in [1.29, 1.82) is 0 Å². The van der Waals surface area contributed by atoms with Crippen LogP contribution in [0.2, 0.25) is 0 Å². The zero-order valence-corrected chi connectivity index (χ0v) is 11.4. The van der Waals surface area contributed by atoms with E-state index < -0.39 is 0 Å². The molecule has 0 aromatic carbocycles. The molecule has 94 valence electrons. The fraction of sp³-hybridized carbons (Fsp3) is 0.917. The molecule has 1 rings (SSSR count). The van der Waals surface area contributed by atoms with Crippen molar-refractivity contribution in [3.63, 3.8) is 0 Å². The van der Waals surface area contributed by atoms with Gasteiger partial charge in [-0.25, -0.2) is 0 Å². The van der Waals surface area contributed by atoms with Crippen molar-refractivity contribution in [2.75, 3.05) is 12.3 Å². The van der Waals surface area contributed by atoms with Gasteiger partial charge >= 0.3 is 0 Å². The highest BCUT2D eigenvalue weighted by atomic mass is 32.2. The van der Waals surface area contributed by atoms with Crippen LogP contribution in [-0.2, 0) is 4.79 Å². The van der Waals surface area contributed by atoms with Crippen LogP contribution in [0.5, 0.6) is 0 Å². The summed E-state index contributed by atoms with van der Waals surface area (Å²) < 4.78 is 0. The van der Waals surface area contributed by atoms with Gasteiger partial charge in [-0.1, -0.05) is 13.3 Å². The second-order valence-electron chi connectivity index (χ2n) is 4.31. The number of hydrogen-bond donors (Lipinski definition) is 2. The lowest BCUT2D eigenvalue weighted by atomic mass is 10.2. The van der Waals surface area contributed by atoms with Crippen molar-refractivity contribution in [2.45, 2.75) is 57.4 Å². The lowest BCUT2D eigenvalue weighted by Gasteiger charge is -2.23. The normalized spacial score (nSPS) is 26.7. The molecule has 1 saturated carbocycles. The summed E-state index contributed by atoms with van der Waals surface area (Å²) in [5.74, 6) is 1.29. The van der Waals surface area contributed by atoms with Gasteiger partial charge in [0.15, 0.2) is 0 Å². The molecule has 0 bridgehead atoms. The molecule has 0 saturated heterocycles. The summed E-state index contributed by atoms with van der Waals surface area (Å²) in [7, 11) is 0. The maximum absolute atomic E-state index is 11.6. The van der Waals surface area contributed by atoms with Gasteiger partial charge in [0.2, 0.25) is 5.91 Å². The molecule has 0 radical (unpaired) electrons. The Morgan fingerprint density at radius 2 is 2.19 bits per heavy atom. The van der Waals surface area contributed by atoms with Crippen LogP contribution in [0.4, 0.5) is 0 Å². The first-order chi connectivity index (χ1) is 7.69. The second kappa shape index (κ2) is 7.17. The van der Waals surface area contributed by atoms with E-state index in [4.69, 9.17) is 0 Å². The van der Waals surface area contributed by atoms with Crippen LogP contribution in [0.1, 0.15) is 40.0 Å². The first kappa shape index (κ1) is 13.8. The van der Waals surface area contributed by atoms with Crippen molar-refractivity contribution < 1.29 is 4.79 Å². The molecule has 0 heterocycles. The third kappa shape index (κ3) is 3.98. The summed E-state index contributed by atoms with van der Waals surface area (Å²) >= 11 is 2.02. The van der Waals surface area contributed by atoms with Crippen LogP contribution in [0.3, 0.4) is 0 Å². The molecule has 3 unspecified atom stereocenters. The van der Waals surface area contributed by atoms with E-state index in [1.165, 1.54) is 25.0 Å². The highest BCUT2D eigenvalue weighted by molar-refractivity contribution is 7.99. The lowest BCUT2D eigenvalue weighted by Crippen LogP contribution is -2.48. The zero-order chi connectivity index (χ0) is 12.0. The number of likely N-dealkylation sites (N-methyl/N-ethyl adjacent to an activating group) is 1. The number of hydrogen-bond acceptors (Lipinski definition) is 3. The van der Waals surface area contributed by atoms with Crippen molar-refractivity contribution in [3.8, 4) is 0 Å². The number of carbonyl (C=O) groups is 1. The van der Waals surface area contributed by atoms with Gasteiger partial charge in [-0.2, -0.15) is 11.8 Å². The van der Waals surface area contributed by atoms with Gasteiger partial charge < -0.3 is 10.6 Å². The first-order valence-electron chi connectivity index (χ1n) is 6.34. The Bertz CT molecular complexity index is 223. The number of carbonyl (C=O) groups excluding carboxylic acids is 1. The maximum atomic E-state index is 11.6. The van der Waals surface area contributed by atoms with E-state index in [0.29, 0.717) is 17.8 Å². The summed E-state index contributed by atoms with van der Waals surface area (Å²) in [4.78, 5) is 11.6. The Labute approximate surface area is 103 Å². The summed E-state index contributed by atoms with van der Waals surface area (Å²) in [6.45, 7) is 6.82. The van der Waals surface area contributed by atoms with Crippen LogP contribution in [0.25, 0.3) is 0 Å². The summed E-state index contributed by atoms with van der Waals surface area (Å²) in [6, 6.07) is 0.450. The van der Waals surface area contributed by atoms with E-state index in [1.54, 1.807) is 0 Å². The predicted molar refractivity (Wildman–Crippen MR) is 70.8 cm³/mol. The van der Waals surface area contributed by atoms with Gasteiger partial charge in [0.25, 0.3) is 0 Å². The van der Waals surface area contributed by atoms with Crippen LogP contribution >= 0.6 is 11.8 Å². The third-order valence-electron chi connectivity index (χ3n) is 3.04. The highest BCUT2D eigenvalue weighted by Gasteiger charge is 2.29. The SMILES string of the molecule is CCNC(=O)C(C)NC1CCCC1SCC. The van der Waals surface area contributed by atoms with E-state index in [0.717, 1.165) is 0 Å². The quantitative estimate of drug-likeness (QED) is 0.748. The van der Waals surface area contributed by atoms with Crippen molar-refractivity contribution in [1.82, 2.24) is 10.6 Å². The largest absolute Gasteiger partial charge is 0.355 e. The average molecular weight is 244 g/mol. The average Bonchev–Trinajstić information content (AvgIpc) is 2.67. The first-order valence-corrected chi connectivity index (χ1v) is 7.39. The molecule has 0 aromatic heterocycles. The molecular weight excluding hydrogens is 220 g/mol. The molecule has 4 heteroatoms. The number of nitrogens with one attached hydrogen (secondary N) is 2. The van der Waals surface area contributed by atoms with E-state index in [2.05, 4.69) is 17.6 Å². The van der Waals surface area contributed by atoms with Crippen LogP contribution in [0.15, 0.2) is 0 Å². The molecular formula is C12H24N2OS. The lowest BCUT2D eigenvalue weighted by molar-refractivity contribution is -0.122. The Morgan fingerprint density at radius 3 is 2.81 bits per heavy atom. The molecule has 3 atom stereocenters. The van der Waals surface area contributed by atoms with E-state index >= 15 is 0 Å². The Hall–Kier alpha value is -0.220. The molecule has 1 fully saturated rings. The summed E-state index contributed by atoms with van der Waals surface area (Å²) in [5.41, 5.74) is 0. The highest BCUT2D eigenvalue weighted by Crippen LogP contribution is 2.30. The van der Waals surface area contributed by atoms with Gasteiger partial charge in [0.05, 0.1) is 6.04 Å². The fourth-order valence-corrected chi connectivity index (χ4v) is 3.46. The fourth-order valence-electron chi connectivity index (χ4n) is 2.25. The van der Waals surface area contributed by atoms with Crippen LogP contribution < -0.4 is 10.6 Å². The second-order valence-corrected chi connectivity index (χ2v) is 5.83. The molecule has 1 amide bonds. The van der Waals surface area contributed by atoms with E-state index in [-0.39, 0.29) is 11.9 Å². The minimum absolute atomic E-state index is 0.0667. The molecule has 1 aliphatic carbocycles. The van der Waals surface area contributed by atoms with Gasteiger partial charge in [0, 0.05) is 17.8 Å². The van der Waals surface area contributed by atoms with Gasteiger partial charge in [-0.05, 0) is 32.4 Å². The molecule has 3 nitrogen and oxygen atoms in total. The monoisotopic (exact) mass is 244 g/mol. The van der Waals surface area contributed by atoms with Gasteiger partial charge in [-0.15, -0.1) is 0 Å². The number of rotatable bonds is 6.